The third-order valence-corrected chi connectivity index (χ3v) is 3.53. The highest BCUT2D eigenvalue weighted by Crippen LogP contribution is 2.18. The Bertz CT molecular complexity index is 549. The van der Waals surface area contributed by atoms with Gasteiger partial charge in [0.1, 0.15) is 6.04 Å². The van der Waals surface area contributed by atoms with Crippen molar-refractivity contribution in [2.24, 2.45) is 0 Å². The van der Waals surface area contributed by atoms with Crippen LogP contribution in [0.25, 0.3) is 0 Å². The molecule has 1 saturated heterocycles. The second-order valence-corrected chi connectivity index (χ2v) is 4.86. The summed E-state index contributed by atoms with van der Waals surface area (Å²) in [5, 5.41) is 19.5. The summed E-state index contributed by atoms with van der Waals surface area (Å²) >= 11 is 0. The van der Waals surface area contributed by atoms with E-state index in [-0.39, 0.29) is 5.95 Å². The van der Waals surface area contributed by atoms with E-state index in [1.165, 1.54) is 4.90 Å². The molecule has 0 radical (unpaired) electrons. The molecular weight excluding hydrogens is 274 g/mol. The van der Waals surface area contributed by atoms with Crippen LogP contribution < -0.4 is 5.32 Å². The summed E-state index contributed by atoms with van der Waals surface area (Å²) in [6.07, 6.45) is 2.57. The molecule has 1 atom stereocenters. The van der Waals surface area contributed by atoms with E-state index in [1.54, 1.807) is 0 Å². The minimum Gasteiger partial charge on any atom is -0.480 e. The number of nitrogens with one attached hydrogen (secondary N) is 1. The Hall–Kier alpha value is -2.25. The molecule has 2 amide bonds. The van der Waals surface area contributed by atoms with Gasteiger partial charge in [0, 0.05) is 6.54 Å². The normalized spacial score (nSPS) is 17.8. The number of carbonyl (C=O) groups is 2. The smallest absolute Gasteiger partial charge is 0.326 e. The lowest BCUT2D eigenvalue weighted by Gasteiger charge is -2.21. The Morgan fingerprint density at radius 2 is 2.00 bits per heavy atom. The van der Waals surface area contributed by atoms with Gasteiger partial charge >= 0.3 is 12.0 Å². The molecule has 1 aromatic heterocycles. The lowest BCUT2D eigenvalue weighted by Crippen LogP contribution is -2.43. The van der Waals surface area contributed by atoms with E-state index in [4.69, 9.17) is 5.11 Å². The van der Waals surface area contributed by atoms with Crippen molar-refractivity contribution in [1.82, 2.24) is 20.1 Å². The number of nitrogens with zero attached hydrogens (tertiary/aromatic N) is 4. The Kier molecular flexibility index (Phi) is 4.66. The number of aromatic nitrogens is 3. The summed E-state index contributed by atoms with van der Waals surface area (Å²) in [5.41, 5.74) is 1.60. The summed E-state index contributed by atoms with van der Waals surface area (Å²) in [4.78, 5) is 28.8. The molecule has 1 fully saturated rings. The van der Waals surface area contributed by atoms with Gasteiger partial charge in [0.05, 0.1) is 11.4 Å². The van der Waals surface area contributed by atoms with Gasteiger partial charge in [0.15, 0.2) is 0 Å². The van der Waals surface area contributed by atoms with Crippen LogP contribution in [0.1, 0.15) is 38.1 Å². The lowest BCUT2D eigenvalue weighted by molar-refractivity contribution is -0.141. The molecule has 0 aromatic carbocycles. The third-order valence-electron chi connectivity index (χ3n) is 3.53. The summed E-state index contributed by atoms with van der Waals surface area (Å²) in [6, 6.07) is -1.27. The van der Waals surface area contributed by atoms with Crippen LogP contribution in [-0.2, 0) is 17.6 Å². The molecule has 8 nitrogen and oxygen atoms in total. The first-order valence-electron chi connectivity index (χ1n) is 7.09. The predicted octanol–water partition coefficient (Wildman–Crippen LogP) is 1.08. The molecule has 0 saturated carbocycles. The van der Waals surface area contributed by atoms with E-state index in [2.05, 4.69) is 20.5 Å². The van der Waals surface area contributed by atoms with Gasteiger partial charge in [-0.15, -0.1) is 10.2 Å². The topological polar surface area (TPSA) is 108 Å². The van der Waals surface area contributed by atoms with Crippen LogP contribution in [0.5, 0.6) is 0 Å². The first-order chi connectivity index (χ1) is 10.1. The average molecular weight is 293 g/mol. The first-order valence-corrected chi connectivity index (χ1v) is 7.09. The van der Waals surface area contributed by atoms with Gasteiger partial charge < -0.3 is 10.0 Å². The molecule has 1 aromatic rings. The minimum atomic E-state index is -0.989. The molecule has 0 unspecified atom stereocenters. The van der Waals surface area contributed by atoms with E-state index in [1.807, 2.05) is 13.8 Å². The number of aryl methyl sites for hydroxylation is 2. The zero-order valence-electron chi connectivity index (χ0n) is 12.2. The highest BCUT2D eigenvalue weighted by Gasteiger charge is 2.34. The molecule has 1 aliphatic heterocycles. The molecule has 114 valence electrons. The van der Waals surface area contributed by atoms with Crippen LogP contribution in [-0.4, -0.2) is 49.8 Å². The SMILES string of the molecule is CCc1nnc(NC(=O)N2CCC[C@@H]2C(=O)O)nc1CC. The van der Waals surface area contributed by atoms with Crippen molar-refractivity contribution in [3.05, 3.63) is 11.4 Å². The molecule has 0 aliphatic carbocycles. The number of urea groups is 1. The van der Waals surface area contributed by atoms with Gasteiger partial charge in [0.2, 0.25) is 0 Å². The van der Waals surface area contributed by atoms with Crippen LogP contribution in [0.2, 0.25) is 0 Å². The molecule has 0 bridgehead atoms. The number of amides is 2. The minimum absolute atomic E-state index is 0.116. The van der Waals surface area contributed by atoms with Crippen LogP contribution in [0.4, 0.5) is 10.7 Å². The van der Waals surface area contributed by atoms with Crippen molar-refractivity contribution in [2.75, 3.05) is 11.9 Å². The second-order valence-electron chi connectivity index (χ2n) is 4.86. The molecule has 2 heterocycles. The van der Waals surface area contributed by atoms with Gasteiger partial charge in [-0.3, -0.25) is 5.32 Å². The maximum absolute atomic E-state index is 12.1. The van der Waals surface area contributed by atoms with Gasteiger partial charge in [-0.1, -0.05) is 13.8 Å². The van der Waals surface area contributed by atoms with Crippen molar-refractivity contribution in [2.45, 2.75) is 45.6 Å². The molecule has 0 spiro atoms. The standard InChI is InChI=1S/C13H19N5O3/c1-3-8-9(4-2)16-17-12(14-8)15-13(21)18-7-5-6-10(18)11(19)20/h10H,3-7H2,1-2H3,(H,19,20)(H,14,15,17,21)/t10-/m1/s1. The average Bonchev–Trinajstić information content (AvgIpc) is 2.96. The number of carboxylic acid groups (broad SMARTS) is 1. The zero-order chi connectivity index (χ0) is 15.4. The molecule has 1 aliphatic rings. The number of hydrogen-bond donors (Lipinski definition) is 2. The van der Waals surface area contributed by atoms with Gasteiger partial charge in [-0.2, -0.15) is 0 Å². The van der Waals surface area contributed by atoms with E-state index in [9.17, 15) is 9.59 Å². The summed E-state index contributed by atoms with van der Waals surface area (Å²) < 4.78 is 0. The van der Waals surface area contributed by atoms with E-state index < -0.39 is 18.0 Å². The van der Waals surface area contributed by atoms with E-state index in [0.29, 0.717) is 25.8 Å². The Labute approximate surface area is 122 Å². The first kappa shape index (κ1) is 15.1. The Morgan fingerprint density at radius 3 is 2.62 bits per heavy atom. The molecular formula is C13H19N5O3. The van der Waals surface area contributed by atoms with Crippen molar-refractivity contribution in [1.29, 1.82) is 0 Å². The zero-order valence-corrected chi connectivity index (χ0v) is 12.2. The number of anilines is 1. The fourth-order valence-electron chi connectivity index (χ4n) is 2.42. The molecule has 2 rings (SSSR count). The number of likely N-dealkylation sites (tertiary alicyclic amines) is 1. The Morgan fingerprint density at radius 1 is 1.29 bits per heavy atom. The largest absolute Gasteiger partial charge is 0.480 e. The van der Waals surface area contributed by atoms with Crippen LogP contribution in [0, 0.1) is 0 Å². The maximum Gasteiger partial charge on any atom is 0.326 e. The summed E-state index contributed by atoms with van der Waals surface area (Å²) in [7, 11) is 0. The van der Waals surface area contributed by atoms with Crippen molar-refractivity contribution >= 4 is 17.9 Å². The van der Waals surface area contributed by atoms with Crippen LogP contribution >= 0.6 is 0 Å². The highest BCUT2D eigenvalue weighted by molar-refractivity contribution is 5.91. The second kappa shape index (κ2) is 6.47. The quantitative estimate of drug-likeness (QED) is 0.859. The highest BCUT2D eigenvalue weighted by atomic mass is 16.4. The maximum atomic E-state index is 12.1. The monoisotopic (exact) mass is 293 g/mol. The van der Waals surface area contributed by atoms with E-state index >= 15 is 0 Å². The van der Waals surface area contributed by atoms with Gasteiger partial charge in [-0.25, -0.2) is 14.6 Å². The summed E-state index contributed by atoms with van der Waals surface area (Å²) in [5.74, 6) is -0.873. The number of rotatable bonds is 4. The van der Waals surface area contributed by atoms with Crippen LogP contribution in [0.15, 0.2) is 0 Å². The van der Waals surface area contributed by atoms with Crippen molar-refractivity contribution in [3.63, 3.8) is 0 Å². The Balaban J connectivity index is 2.11. The number of carboxylic acids is 1. The molecule has 8 heteroatoms. The fourth-order valence-corrected chi connectivity index (χ4v) is 2.42. The predicted molar refractivity (Wildman–Crippen MR) is 75.0 cm³/mol. The molecule has 21 heavy (non-hydrogen) atoms. The fraction of sp³-hybridized carbons (Fsp3) is 0.615. The summed E-state index contributed by atoms with van der Waals surface area (Å²) in [6.45, 7) is 4.34. The van der Waals surface area contributed by atoms with E-state index in [0.717, 1.165) is 17.8 Å². The van der Waals surface area contributed by atoms with Crippen molar-refractivity contribution in [3.8, 4) is 0 Å². The van der Waals surface area contributed by atoms with Crippen LogP contribution in [0.3, 0.4) is 0 Å². The van der Waals surface area contributed by atoms with Gasteiger partial charge in [0.25, 0.3) is 5.95 Å². The number of hydrogen-bond acceptors (Lipinski definition) is 5. The third kappa shape index (κ3) is 3.26. The number of carbonyl (C=O) groups excluding carboxylic acids is 1. The van der Waals surface area contributed by atoms with Crippen molar-refractivity contribution < 1.29 is 14.7 Å². The van der Waals surface area contributed by atoms with Gasteiger partial charge in [-0.05, 0) is 25.7 Å². The molecule has 2 N–H and O–H groups in total. The lowest BCUT2D eigenvalue weighted by atomic mass is 10.2. The number of aliphatic carboxylic acids is 1.